The fraction of sp³-hybridized carbons (Fsp3) is 0.500. The van der Waals surface area contributed by atoms with Gasteiger partial charge in [-0.05, 0) is 33.8 Å². The molecule has 4 N–H and O–H groups in total. The van der Waals surface area contributed by atoms with Gasteiger partial charge >= 0.3 is 11.9 Å². The Bertz CT molecular complexity index is 1190. The molecule has 2 aliphatic heterocycles. The molecule has 1 saturated heterocycles. The van der Waals surface area contributed by atoms with E-state index in [1.807, 2.05) is 0 Å². The van der Waals surface area contributed by atoms with Gasteiger partial charge in [0.15, 0.2) is 10.8 Å². The van der Waals surface area contributed by atoms with E-state index in [1.54, 1.807) is 20.8 Å². The second-order valence-corrected chi connectivity index (χ2v) is 11.2. The molecule has 2 aliphatic rings. The molecule has 0 radical (unpaired) electrons. The summed E-state index contributed by atoms with van der Waals surface area (Å²) in [4.78, 5) is 72.2. The molecule has 0 aliphatic carbocycles. The molecule has 3 amide bonds. The molecule has 0 spiro atoms. The lowest BCUT2D eigenvalue weighted by Gasteiger charge is -2.48. The Hall–Kier alpha value is -3.50. The quantitative estimate of drug-likeness (QED) is 0.121. The number of fused-ring (bicyclic) bond motifs is 1. The van der Waals surface area contributed by atoms with Gasteiger partial charge < -0.3 is 30.7 Å². The zero-order valence-corrected chi connectivity index (χ0v) is 22.9. The molecule has 0 unspecified atom stereocenters. The summed E-state index contributed by atoms with van der Waals surface area (Å²) in [6.45, 7) is 5.90. The number of esters is 2. The van der Waals surface area contributed by atoms with Crippen LogP contribution in [0.4, 0.5) is 5.13 Å². The normalized spacial score (nSPS) is 19.8. The van der Waals surface area contributed by atoms with Crippen molar-refractivity contribution in [3.05, 3.63) is 22.8 Å². The minimum absolute atomic E-state index is 0.00384. The highest BCUT2D eigenvalue weighted by Gasteiger charge is 2.53. The van der Waals surface area contributed by atoms with Gasteiger partial charge in [0.25, 0.3) is 11.8 Å². The van der Waals surface area contributed by atoms with E-state index in [9.17, 15) is 24.0 Å². The summed E-state index contributed by atoms with van der Waals surface area (Å²) in [6.07, 6.45) is 1.52. The molecule has 1 aromatic heterocycles. The zero-order chi connectivity index (χ0) is 28.2. The van der Waals surface area contributed by atoms with Crippen LogP contribution in [0.1, 0.15) is 33.4 Å². The van der Waals surface area contributed by atoms with Gasteiger partial charge in [-0.25, -0.2) is 9.78 Å². The lowest BCUT2D eigenvalue weighted by atomic mass is 9.98. The molecular formula is C22H28N6O8S2. The molecule has 3 rings (SSSR count). The van der Waals surface area contributed by atoms with Gasteiger partial charge in [-0.1, -0.05) is 5.16 Å². The number of nitrogens with zero attached hydrogens (tertiary/aromatic N) is 3. The highest BCUT2D eigenvalue weighted by Crippen LogP contribution is 2.38. The molecule has 1 fully saturated rings. The number of aromatic nitrogens is 1. The van der Waals surface area contributed by atoms with Crippen molar-refractivity contribution in [2.45, 2.75) is 45.2 Å². The van der Waals surface area contributed by atoms with Crippen LogP contribution in [0.3, 0.4) is 0 Å². The molecule has 206 valence electrons. The number of carbonyl (C=O) groups is 5. The minimum atomic E-state index is -0.958. The van der Waals surface area contributed by atoms with Crippen LogP contribution in [-0.4, -0.2) is 82.4 Å². The summed E-state index contributed by atoms with van der Waals surface area (Å²) in [6, 6.07) is -1.71. The highest BCUT2D eigenvalue weighted by molar-refractivity contribution is 8.00. The van der Waals surface area contributed by atoms with Gasteiger partial charge in [0.05, 0.1) is 11.5 Å². The summed E-state index contributed by atoms with van der Waals surface area (Å²) in [5.41, 5.74) is 4.67. The van der Waals surface area contributed by atoms with Crippen LogP contribution >= 0.6 is 23.1 Å². The molecule has 0 saturated carbocycles. The third kappa shape index (κ3) is 6.49. The number of anilines is 1. The number of nitrogens with two attached hydrogens (primary N) is 1. The minimum Gasteiger partial charge on any atom is -0.427 e. The van der Waals surface area contributed by atoms with Crippen LogP contribution in [0.2, 0.25) is 0 Å². The number of hydrogen-bond donors (Lipinski definition) is 3. The van der Waals surface area contributed by atoms with Gasteiger partial charge in [-0.15, -0.1) is 23.1 Å². The van der Waals surface area contributed by atoms with Gasteiger partial charge in [0, 0.05) is 11.1 Å². The number of hydrogen-bond acceptors (Lipinski definition) is 13. The largest absolute Gasteiger partial charge is 0.427 e. The van der Waals surface area contributed by atoms with E-state index < -0.39 is 59.3 Å². The van der Waals surface area contributed by atoms with Crippen molar-refractivity contribution in [3.8, 4) is 0 Å². The van der Waals surface area contributed by atoms with Gasteiger partial charge in [-0.3, -0.25) is 24.1 Å². The molecule has 3 heterocycles. The predicted molar refractivity (Wildman–Crippen MR) is 138 cm³/mol. The maximum Gasteiger partial charge on any atom is 0.357 e. The Balaban J connectivity index is 1.62. The number of β-lactam (4-membered cyclic amide) rings is 1. The first kappa shape index (κ1) is 29.1. The van der Waals surface area contributed by atoms with Gasteiger partial charge in [0.2, 0.25) is 12.7 Å². The van der Waals surface area contributed by atoms with E-state index in [-0.39, 0.29) is 22.2 Å². The molecule has 0 bridgehead atoms. The average Bonchev–Trinajstić information content (AvgIpc) is 3.31. The Morgan fingerprint density at radius 2 is 2.00 bits per heavy atom. The Kier molecular flexibility index (Phi) is 9.11. The first-order chi connectivity index (χ1) is 17.8. The Labute approximate surface area is 226 Å². The fourth-order valence-electron chi connectivity index (χ4n) is 3.12. The summed E-state index contributed by atoms with van der Waals surface area (Å²) in [5, 5.41) is 9.96. The third-order valence-electron chi connectivity index (χ3n) is 5.12. The van der Waals surface area contributed by atoms with E-state index in [4.69, 9.17) is 20.0 Å². The van der Waals surface area contributed by atoms with Gasteiger partial charge in [-0.2, -0.15) is 0 Å². The first-order valence-electron chi connectivity index (χ1n) is 11.3. The topological polar surface area (TPSA) is 192 Å². The lowest BCUT2D eigenvalue weighted by molar-refractivity contribution is -0.173. The molecular weight excluding hydrogens is 540 g/mol. The maximum atomic E-state index is 13.0. The van der Waals surface area contributed by atoms with Crippen molar-refractivity contribution in [1.29, 1.82) is 0 Å². The average molecular weight is 569 g/mol. The monoisotopic (exact) mass is 568 g/mol. The van der Waals surface area contributed by atoms with Crippen LogP contribution in [0, 0.1) is 5.41 Å². The van der Waals surface area contributed by atoms with Crippen LogP contribution in [-0.2, 0) is 38.3 Å². The number of amides is 3. The van der Waals surface area contributed by atoms with Crippen LogP contribution in [0.25, 0.3) is 0 Å². The number of carbonyl (C=O) groups excluding carboxylic acids is 5. The van der Waals surface area contributed by atoms with Crippen molar-refractivity contribution < 1.29 is 38.3 Å². The van der Waals surface area contributed by atoms with Crippen LogP contribution in [0.15, 0.2) is 22.3 Å². The van der Waals surface area contributed by atoms with Gasteiger partial charge in [0.1, 0.15) is 29.9 Å². The first-order valence-corrected chi connectivity index (χ1v) is 13.2. The lowest BCUT2D eigenvalue weighted by Crippen LogP contribution is -2.70. The van der Waals surface area contributed by atoms with Crippen LogP contribution < -0.4 is 16.4 Å². The predicted octanol–water partition coefficient (Wildman–Crippen LogP) is 0.153. The second-order valence-electron chi connectivity index (χ2n) is 9.14. The Morgan fingerprint density at radius 3 is 2.63 bits per heavy atom. The van der Waals surface area contributed by atoms with Crippen molar-refractivity contribution >= 4 is 63.6 Å². The summed E-state index contributed by atoms with van der Waals surface area (Å²) >= 11 is 2.38. The van der Waals surface area contributed by atoms with Crippen molar-refractivity contribution in [2.75, 3.05) is 25.0 Å². The molecule has 16 heteroatoms. The number of rotatable bonds is 9. The van der Waals surface area contributed by atoms with E-state index in [0.717, 1.165) is 11.3 Å². The molecule has 1 aromatic rings. The molecule has 38 heavy (non-hydrogen) atoms. The molecule has 0 aromatic carbocycles. The third-order valence-corrected chi connectivity index (χ3v) is 7.06. The Morgan fingerprint density at radius 1 is 1.29 bits per heavy atom. The molecule has 3 atom stereocenters. The number of oxime groups is 1. The summed E-state index contributed by atoms with van der Waals surface area (Å²) in [5.74, 6) is -2.73. The maximum absolute atomic E-state index is 13.0. The summed E-state index contributed by atoms with van der Waals surface area (Å²) < 4.78 is 9.96. The second kappa shape index (κ2) is 11.9. The number of thioether (sulfide) groups is 1. The van der Waals surface area contributed by atoms with Crippen molar-refractivity contribution in [3.63, 3.8) is 0 Å². The standard InChI is InChI=1S/C22H28N6O8S2/c1-10(23)15(29)26-21-24-11(8-38-21)13(27-34-5)16(30)25-14-17(31)28-12(6-7-37-18(14)28)19(32)35-9-36-20(33)22(2,3)4/h6,8,10,14,18H,7,9,23H2,1-5H3,(H,25,30)(H,24,26,29)/b27-13-/t10-,14+,18+/m0/s1. The van der Waals surface area contributed by atoms with E-state index in [1.165, 1.54) is 42.2 Å². The SMILES string of the molecule is CO/N=C(\C(=O)N[C@@H]1C(=O)N2C(C(=O)OCOC(=O)C(C)(C)C)=CCS[C@H]12)c1csc(NC(=O)[C@H](C)N)n1. The van der Waals surface area contributed by atoms with Crippen molar-refractivity contribution in [1.82, 2.24) is 15.2 Å². The number of ether oxygens (including phenoxy) is 2. The summed E-state index contributed by atoms with van der Waals surface area (Å²) in [7, 11) is 1.24. The van der Waals surface area contributed by atoms with E-state index in [0.29, 0.717) is 5.75 Å². The number of nitrogens with one attached hydrogen (secondary N) is 2. The van der Waals surface area contributed by atoms with E-state index in [2.05, 4.69) is 20.8 Å². The zero-order valence-electron chi connectivity index (χ0n) is 21.3. The van der Waals surface area contributed by atoms with E-state index >= 15 is 0 Å². The fourth-order valence-corrected chi connectivity index (χ4v) is 5.01. The van der Waals surface area contributed by atoms with Crippen LogP contribution in [0.5, 0.6) is 0 Å². The van der Waals surface area contributed by atoms with Crippen molar-refractivity contribution in [2.24, 2.45) is 16.3 Å². The smallest absolute Gasteiger partial charge is 0.357 e. The highest BCUT2D eigenvalue weighted by atomic mass is 32.2. The molecule has 14 nitrogen and oxygen atoms in total. The number of thiazole rings is 1.